The van der Waals surface area contributed by atoms with Crippen LogP contribution in [0.1, 0.15) is 25.8 Å². The molecular formula is C13H17BrClNO. The monoisotopic (exact) mass is 317 g/mol. The van der Waals surface area contributed by atoms with Crippen molar-refractivity contribution >= 4 is 33.4 Å². The summed E-state index contributed by atoms with van der Waals surface area (Å²) >= 11 is 9.45. The van der Waals surface area contributed by atoms with E-state index in [1.54, 1.807) is 0 Å². The molecule has 0 aliphatic heterocycles. The summed E-state index contributed by atoms with van der Waals surface area (Å²) in [6.45, 7) is 4.04. The number of carbonyl (C=O) groups is 1. The third-order valence-electron chi connectivity index (χ3n) is 2.64. The summed E-state index contributed by atoms with van der Waals surface area (Å²) in [5.41, 5.74) is 0.982. The molecule has 0 fully saturated rings. The number of alkyl halides is 1. The Morgan fingerprint density at radius 1 is 1.47 bits per heavy atom. The van der Waals surface area contributed by atoms with Crippen molar-refractivity contribution in [2.75, 3.05) is 0 Å². The highest BCUT2D eigenvalue weighted by molar-refractivity contribution is 9.10. The molecule has 2 nitrogen and oxygen atoms in total. The van der Waals surface area contributed by atoms with E-state index < -0.39 is 0 Å². The Balaban J connectivity index is 2.57. The van der Waals surface area contributed by atoms with Crippen LogP contribution in [-0.4, -0.2) is 16.8 Å². The first kappa shape index (κ1) is 14.5. The van der Waals surface area contributed by atoms with Crippen LogP contribution >= 0.6 is 27.5 Å². The predicted octanol–water partition coefficient (Wildman–Crippen LogP) is 3.56. The third kappa shape index (κ3) is 4.68. The van der Waals surface area contributed by atoms with Crippen LogP contribution in [0.3, 0.4) is 0 Å². The minimum Gasteiger partial charge on any atom is -0.353 e. The van der Waals surface area contributed by atoms with Crippen LogP contribution < -0.4 is 5.32 Å². The molecule has 0 saturated heterocycles. The number of halogens is 2. The lowest BCUT2D eigenvalue weighted by atomic mass is 10.1. The van der Waals surface area contributed by atoms with Crippen LogP contribution in [-0.2, 0) is 11.2 Å². The number of carbonyl (C=O) groups excluding carboxylic acids is 1. The van der Waals surface area contributed by atoms with Crippen molar-refractivity contribution < 1.29 is 4.79 Å². The summed E-state index contributed by atoms with van der Waals surface area (Å²) in [6.07, 6.45) is 1.53. The summed E-state index contributed by atoms with van der Waals surface area (Å²) in [5, 5.41) is 3.64. The average Bonchev–Trinajstić information content (AvgIpc) is 2.31. The number of benzene rings is 1. The zero-order chi connectivity index (χ0) is 12.8. The highest BCUT2D eigenvalue weighted by Gasteiger charge is 2.17. The van der Waals surface area contributed by atoms with Crippen LogP contribution in [0.4, 0.5) is 0 Å². The van der Waals surface area contributed by atoms with Crippen molar-refractivity contribution in [2.24, 2.45) is 0 Å². The maximum Gasteiger partial charge on any atom is 0.234 e. The van der Waals surface area contributed by atoms with Gasteiger partial charge in [-0.15, -0.1) is 0 Å². The maximum absolute atomic E-state index is 11.8. The van der Waals surface area contributed by atoms with Gasteiger partial charge in [0.15, 0.2) is 0 Å². The third-order valence-corrected chi connectivity index (χ3v) is 3.75. The van der Waals surface area contributed by atoms with Gasteiger partial charge in [0.2, 0.25) is 5.91 Å². The molecule has 0 aromatic heterocycles. The molecule has 0 aliphatic rings. The summed E-state index contributed by atoms with van der Waals surface area (Å²) in [6, 6.07) is 7.78. The summed E-state index contributed by atoms with van der Waals surface area (Å²) in [4.78, 5) is 11.6. The minimum atomic E-state index is -0.239. The molecule has 4 heteroatoms. The molecule has 0 radical (unpaired) electrons. The second kappa shape index (κ2) is 7.02. The van der Waals surface area contributed by atoms with Gasteiger partial charge in [0.25, 0.3) is 0 Å². The Kier molecular flexibility index (Phi) is 6.00. The second-order valence-corrected chi connectivity index (χ2v) is 5.59. The molecule has 0 aliphatic carbocycles. The number of hydrogen-bond donors (Lipinski definition) is 1. The smallest absolute Gasteiger partial charge is 0.234 e. The fourth-order valence-electron chi connectivity index (χ4n) is 1.39. The molecule has 1 rings (SSSR count). The molecular weight excluding hydrogens is 302 g/mol. The molecule has 1 aromatic carbocycles. The van der Waals surface area contributed by atoms with Gasteiger partial charge in [-0.25, -0.2) is 0 Å². The van der Waals surface area contributed by atoms with Gasteiger partial charge in [-0.05, 0) is 31.4 Å². The molecule has 17 heavy (non-hydrogen) atoms. The van der Waals surface area contributed by atoms with E-state index in [4.69, 9.17) is 11.6 Å². The van der Waals surface area contributed by atoms with Gasteiger partial charge in [-0.3, -0.25) is 4.79 Å². The van der Waals surface area contributed by atoms with Gasteiger partial charge >= 0.3 is 0 Å². The second-order valence-electron chi connectivity index (χ2n) is 4.08. The molecule has 2 atom stereocenters. The van der Waals surface area contributed by atoms with Gasteiger partial charge in [0.1, 0.15) is 0 Å². The summed E-state index contributed by atoms with van der Waals surface area (Å²) in [7, 11) is 0. The van der Waals surface area contributed by atoms with Crippen molar-refractivity contribution in [3.05, 3.63) is 34.9 Å². The minimum absolute atomic E-state index is 0.0132. The highest BCUT2D eigenvalue weighted by Crippen LogP contribution is 2.19. The van der Waals surface area contributed by atoms with Crippen molar-refractivity contribution in [1.29, 1.82) is 0 Å². The normalized spacial score (nSPS) is 14.1. The van der Waals surface area contributed by atoms with Gasteiger partial charge in [0, 0.05) is 11.1 Å². The molecule has 0 spiro atoms. The van der Waals surface area contributed by atoms with E-state index in [-0.39, 0.29) is 16.8 Å². The first-order valence-electron chi connectivity index (χ1n) is 5.72. The molecule has 1 N–H and O–H groups in total. The maximum atomic E-state index is 11.8. The highest BCUT2D eigenvalue weighted by atomic mass is 79.9. The van der Waals surface area contributed by atoms with E-state index >= 15 is 0 Å². The fraction of sp³-hybridized carbons (Fsp3) is 0.462. The van der Waals surface area contributed by atoms with Gasteiger partial charge in [-0.1, -0.05) is 52.7 Å². The van der Waals surface area contributed by atoms with Crippen LogP contribution in [0.2, 0.25) is 5.02 Å². The average molecular weight is 319 g/mol. The Labute approximate surface area is 116 Å². The Morgan fingerprint density at radius 2 is 2.12 bits per heavy atom. The standard InChI is InChI=1S/C13H17BrClNO/c1-3-9(2)16-13(17)11(14)8-10-6-4-5-7-12(10)15/h4-7,9,11H,3,8H2,1-2H3,(H,16,17). The van der Waals surface area contributed by atoms with Gasteiger partial charge < -0.3 is 5.32 Å². The number of nitrogens with one attached hydrogen (secondary N) is 1. The molecule has 1 aromatic rings. The van der Waals surface area contributed by atoms with E-state index in [0.29, 0.717) is 11.4 Å². The van der Waals surface area contributed by atoms with Crippen LogP contribution in [0, 0.1) is 0 Å². The SMILES string of the molecule is CCC(C)NC(=O)C(Br)Cc1ccccc1Cl. The lowest BCUT2D eigenvalue weighted by molar-refractivity contribution is -0.121. The lowest BCUT2D eigenvalue weighted by Gasteiger charge is -2.15. The zero-order valence-corrected chi connectivity index (χ0v) is 12.4. The largest absolute Gasteiger partial charge is 0.353 e. The van der Waals surface area contributed by atoms with E-state index in [1.807, 2.05) is 38.1 Å². The lowest BCUT2D eigenvalue weighted by Crippen LogP contribution is -2.38. The molecule has 94 valence electrons. The first-order valence-corrected chi connectivity index (χ1v) is 7.01. The molecule has 0 saturated carbocycles. The number of hydrogen-bond acceptors (Lipinski definition) is 1. The number of amides is 1. The topological polar surface area (TPSA) is 29.1 Å². The van der Waals surface area contributed by atoms with Gasteiger partial charge in [0.05, 0.1) is 4.83 Å². The van der Waals surface area contributed by atoms with Crippen LogP contribution in [0.25, 0.3) is 0 Å². The van der Waals surface area contributed by atoms with Gasteiger partial charge in [-0.2, -0.15) is 0 Å². The predicted molar refractivity (Wildman–Crippen MR) is 75.8 cm³/mol. The van der Waals surface area contributed by atoms with E-state index in [2.05, 4.69) is 21.2 Å². The van der Waals surface area contributed by atoms with Crippen LogP contribution in [0.5, 0.6) is 0 Å². The van der Waals surface area contributed by atoms with Crippen molar-refractivity contribution in [2.45, 2.75) is 37.6 Å². The zero-order valence-electron chi connectivity index (χ0n) is 10.0. The Morgan fingerprint density at radius 3 is 2.71 bits per heavy atom. The Hall–Kier alpha value is -0.540. The molecule has 0 heterocycles. The Bertz CT molecular complexity index is 383. The van der Waals surface area contributed by atoms with Crippen molar-refractivity contribution in [3.63, 3.8) is 0 Å². The van der Waals surface area contributed by atoms with Crippen molar-refractivity contribution in [1.82, 2.24) is 5.32 Å². The summed E-state index contributed by atoms with van der Waals surface area (Å²) < 4.78 is 0. The first-order chi connectivity index (χ1) is 8.04. The van der Waals surface area contributed by atoms with E-state index in [1.165, 1.54) is 0 Å². The molecule has 1 amide bonds. The number of rotatable bonds is 5. The summed E-state index contributed by atoms with van der Waals surface area (Å²) in [5.74, 6) is 0.0132. The van der Waals surface area contributed by atoms with E-state index in [9.17, 15) is 4.79 Å². The van der Waals surface area contributed by atoms with Crippen LogP contribution in [0.15, 0.2) is 24.3 Å². The van der Waals surface area contributed by atoms with Crippen molar-refractivity contribution in [3.8, 4) is 0 Å². The molecule has 0 bridgehead atoms. The molecule has 2 unspecified atom stereocenters. The quantitative estimate of drug-likeness (QED) is 0.826. The van der Waals surface area contributed by atoms with E-state index in [0.717, 1.165) is 12.0 Å². The fourth-order valence-corrected chi connectivity index (χ4v) is 2.08.